The zero-order chi connectivity index (χ0) is 21.8. The quantitative estimate of drug-likeness (QED) is 0.205. The number of carbonyl (C=O) groups excluding carboxylic acids is 1. The number of aliphatic imine (C=N–C) groups is 1. The second-order valence-electron chi connectivity index (χ2n) is 7.52. The molecule has 2 rings (SSSR count). The van der Waals surface area contributed by atoms with Crippen LogP contribution in [0.2, 0.25) is 0 Å². The predicted octanol–water partition coefficient (Wildman–Crippen LogP) is 3.47. The molecule has 3 N–H and O–H groups in total. The molecule has 0 unspecified atom stereocenters. The number of rotatable bonds is 8. The number of nitrogens with zero attached hydrogens (tertiary/aromatic N) is 2. The molecule has 0 aliphatic heterocycles. The lowest BCUT2D eigenvalue weighted by Crippen LogP contribution is -2.42. The van der Waals surface area contributed by atoms with E-state index in [4.69, 9.17) is 9.47 Å². The second kappa shape index (κ2) is 13.7. The van der Waals surface area contributed by atoms with E-state index in [9.17, 15) is 4.79 Å². The average Bonchev–Trinajstić information content (AvgIpc) is 2.72. The molecule has 0 bridgehead atoms. The first-order valence-electron chi connectivity index (χ1n) is 9.89. The number of hydrogen-bond acceptors (Lipinski definition) is 5. The topological polar surface area (TPSA) is 96.9 Å². The van der Waals surface area contributed by atoms with Crippen LogP contribution in [0.3, 0.4) is 0 Å². The number of halogens is 1. The standard InChI is InChI=1S/C22H31N5O3.HI/c1-22(2,3)30-21(28)26-14-13-25-20(23-4)27-15-18-11-8-12-24-19(18)29-16-17-9-6-5-7-10-17;/h5-12H,13-16H2,1-4H3,(H,26,28)(H2,23,25,27);1H. The Morgan fingerprint density at radius 1 is 1.03 bits per heavy atom. The van der Waals surface area contributed by atoms with E-state index in [1.165, 1.54) is 0 Å². The van der Waals surface area contributed by atoms with Gasteiger partial charge < -0.3 is 25.4 Å². The van der Waals surface area contributed by atoms with Crippen LogP contribution in [0.25, 0.3) is 0 Å². The number of benzene rings is 1. The minimum atomic E-state index is -0.515. The summed E-state index contributed by atoms with van der Waals surface area (Å²) >= 11 is 0. The fourth-order valence-corrected chi connectivity index (χ4v) is 2.47. The SMILES string of the molecule is CN=C(NCCNC(=O)OC(C)(C)C)NCc1cccnc1OCc1ccccc1.I. The molecule has 170 valence electrons. The maximum absolute atomic E-state index is 11.7. The number of hydrogen-bond donors (Lipinski definition) is 3. The summed E-state index contributed by atoms with van der Waals surface area (Å²) in [5.41, 5.74) is 1.49. The molecule has 2 aromatic rings. The number of alkyl carbamates (subject to hydrolysis) is 1. The molecule has 1 heterocycles. The van der Waals surface area contributed by atoms with Crippen LogP contribution in [0.4, 0.5) is 4.79 Å². The smallest absolute Gasteiger partial charge is 0.407 e. The zero-order valence-electron chi connectivity index (χ0n) is 18.5. The van der Waals surface area contributed by atoms with E-state index in [1.54, 1.807) is 13.2 Å². The van der Waals surface area contributed by atoms with Gasteiger partial charge in [-0.1, -0.05) is 36.4 Å². The highest BCUT2D eigenvalue weighted by molar-refractivity contribution is 14.0. The van der Waals surface area contributed by atoms with Crippen LogP contribution >= 0.6 is 24.0 Å². The summed E-state index contributed by atoms with van der Waals surface area (Å²) in [5, 5.41) is 9.07. The van der Waals surface area contributed by atoms with E-state index in [2.05, 4.69) is 25.9 Å². The summed E-state index contributed by atoms with van der Waals surface area (Å²) in [5.74, 6) is 1.19. The van der Waals surface area contributed by atoms with Crippen molar-refractivity contribution in [1.29, 1.82) is 0 Å². The summed E-state index contributed by atoms with van der Waals surface area (Å²) in [6.07, 6.45) is 1.27. The van der Waals surface area contributed by atoms with Crippen LogP contribution in [0.1, 0.15) is 31.9 Å². The predicted molar refractivity (Wildman–Crippen MR) is 133 cm³/mol. The minimum absolute atomic E-state index is 0. The monoisotopic (exact) mass is 541 g/mol. The summed E-state index contributed by atoms with van der Waals surface area (Å²) in [7, 11) is 1.69. The van der Waals surface area contributed by atoms with Crippen LogP contribution in [0, 0.1) is 0 Å². The third kappa shape index (κ3) is 10.9. The lowest BCUT2D eigenvalue weighted by Gasteiger charge is -2.20. The van der Waals surface area contributed by atoms with Crippen molar-refractivity contribution < 1.29 is 14.3 Å². The number of nitrogens with one attached hydrogen (secondary N) is 3. The van der Waals surface area contributed by atoms with Gasteiger partial charge in [-0.3, -0.25) is 4.99 Å². The first-order valence-corrected chi connectivity index (χ1v) is 9.89. The van der Waals surface area contributed by atoms with Gasteiger partial charge in [-0.05, 0) is 32.4 Å². The Balaban J connectivity index is 0.00000480. The summed E-state index contributed by atoms with van der Waals surface area (Å²) < 4.78 is 11.1. The molecule has 0 atom stereocenters. The van der Waals surface area contributed by atoms with Gasteiger partial charge in [-0.25, -0.2) is 9.78 Å². The summed E-state index contributed by atoms with van der Waals surface area (Å²) in [4.78, 5) is 20.2. The lowest BCUT2D eigenvalue weighted by atomic mass is 10.2. The molecule has 0 aliphatic carbocycles. The first-order chi connectivity index (χ1) is 14.4. The number of carbonyl (C=O) groups is 1. The number of pyridine rings is 1. The highest BCUT2D eigenvalue weighted by Gasteiger charge is 2.15. The van der Waals surface area contributed by atoms with Crippen LogP contribution in [0.5, 0.6) is 5.88 Å². The van der Waals surface area contributed by atoms with Crippen molar-refractivity contribution in [3.8, 4) is 5.88 Å². The third-order valence-electron chi connectivity index (χ3n) is 3.82. The molecule has 0 saturated carbocycles. The highest BCUT2D eigenvalue weighted by Crippen LogP contribution is 2.15. The van der Waals surface area contributed by atoms with Crippen molar-refractivity contribution in [3.63, 3.8) is 0 Å². The van der Waals surface area contributed by atoms with Crippen molar-refractivity contribution in [2.75, 3.05) is 20.1 Å². The van der Waals surface area contributed by atoms with Crippen molar-refractivity contribution in [2.24, 2.45) is 4.99 Å². The van der Waals surface area contributed by atoms with Crippen LogP contribution < -0.4 is 20.7 Å². The Morgan fingerprint density at radius 2 is 1.74 bits per heavy atom. The lowest BCUT2D eigenvalue weighted by molar-refractivity contribution is 0.0529. The maximum Gasteiger partial charge on any atom is 0.407 e. The molecule has 1 aromatic carbocycles. The normalized spacial score (nSPS) is 11.2. The molecular weight excluding hydrogens is 509 g/mol. The average molecular weight is 541 g/mol. The van der Waals surface area contributed by atoms with E-state index in [0.717, 1.165) is 11.1 Å². The molecule has 8 nitrogen and oxygen atoms in total. The number of ether oxygens (including phenoxy) is 2. The van der Waals surface area contributed by atoms with Crippen molar-refractivity contribution in [2.45, 2.75) is 39.5 Å². The van der Waals surface area contributed by atoms with Gasteiger partial charge in [0.2, 0.25) is 5.88 Å². The fourth-order valence-electron chi connectivity index (χ4n) is 2.47. The molecular formula is C22H32IN5O3. The molecule has 0 spiro atoms. The Morgan fingerprint density at radius 3 is 2.42 bits per heavy atom. The number of amides is 1. The number of guanidine groups is 1. The van der Waals surface area contributed by atoms with E-state index in [1.807, 2.05) is 63.2 Å². The van der Waals surface area contributed by atoms with Gasteiger partial charge in [0.25, 0.3) is 0 Å². The maximum atomic E-state index is 11.7. The van der Waals surface area contributed by atoms with Crippen LogP contribution in [-0.4, -0.2) is 42.8 Å². The Hall–Kier alpha value is -2.56. The molecule has 1 aromatic heterocycles. The first kappa shape index (κ1) is 26.5. The van der Waals surface area contributed by atoms with Gasteiger partial charge in [0, 0.05) is 38.4 Å². The third-order valence-corrected chi connectivity index (χ3v) is 3.82. The summed E-state index contributed by atoms with van der Waals surface area (Å²) in [6.45, 7) is 7.34. The van der Waals surface area contributed by atoms with E-state index in [-0.39, 0.29) is 24.0 Å². The van der Waals surface area contributed by atoms with Gasteiger partial charge in [0.05, 0.1) is 0 Å². The van der Waals surface area contributed by atoms with Gasteiger partial charge in [0.1, 0.15) is 12.2 Å². The van der Waals surface area contributed by atoms with Crippen molar-refractivity contribution >= 4 is 36.0 Å². The van der Waals surface area contributed by atoms with Gasteiger partial charge in [0.15, 0.2) is 5.96 Å². The van der Waals surface area contributed by atoms with Gasteiger partial charge >= 0.3 is 6.09 Å². The number of aromatic nitrogens is 1. The van der Waals surface area contributed by atoms with E-state index >= 15 is 0 Å². The van der Waals surface area contributed by atoms with Gasteiger partial charge in [-0.15, -0.1) is 24.0 Å². The van der Waals surface area contributed by atoms with Gasteiger partial charge in [-0.2, -0.15) is 0 Å². The molecule has 9 heteroatoms. The largest absolute Gasteiger partial charge is 0.473 e. The van der Waals surface area contributed by atoms with E-state index in [0.29, 0.717) is 38.1 Å². The van der Waals surface area contributed by atoms with Crippen LogP contribution in [0.15, 0.2) is 53.7 Å². The Kier molecular flexibility index (Phi) is 11.7. The fraction of sp³-hybridized carbons (Fsp3) is 0.409. The minimum Gasteiger partial charge on any atom is -0.473 e. The molecule has 0 fully saturated rings. The van der Waals surface area contributed by atoms with Crippen LogP contribution in [-0.2, 0) is 17.9 Å². The van der Waals surface area contributed by atoms with Crippen molar-refractivity contribution in [1.82, 2.24) is 20.9 Å². The Labute approximate surface area is 201 Å². The Bertz CT molecular complexity index is 825. The van der Waals surface area contributed by atoms with Crippen molar-refractivity contribution in [3.05, 3.63) is 59.8 Å². The summed E-state index contributed by atoms with van der Waals surface area (Å²) in [6, 6.07) is 13.8. The zero-order valence-corrected chi connectivity index (χ0v) is 20.8. The van der Waals surface area contributed by atoms with E-state index < -0.39 is 11.7 Å². The molecule has 31 heavy (non-hydrogen) atoms. The molecule has 0 saturated heterocycles. The highest BCUT2D eigenvalue weighted by atomic mass is 127. The molecule has 1 amide bonds. The second-order valence-corrected chi connectivity index (χ2v) is 7.52. The molecule has 0 aliphatic rings. The molecule has 0 radical (unpaired) electrons.